The van der Waals surface area contributed by atoms with Gasteiger partial charge in [-0.25, -0.2) is 4.98 Å². The summed E-state index contributed by atoms with van der Waals surface area (Å²) in [6.07, 6.45) is 5.63. The van der Waals surface area contributed by atoms with Crippen molar-refractivity contribution in [2.75, 3.05) is 13.1 Å². The van der Waals surface area contributed by atoms with E-state index < -0.39 is 0 Å². The van der Waals surface area contributed by atoms with Crippen LogP contribution in [-0.2, 0) is 6.54 Å². The Morgan fingerprint density at radius 2 is 2.07 bits per heavy atom. The van der Waals surface area contributed by atoms with E-state index in [1.54, 1.807) is 23.7 Å². The van der Waals surface area contributed by atoms with Crippen LogP contribution in [0.15, 0.2) is 53.0 Å². The van der Waals surface area contributed by atoms with E-state index in [0.29, 0.717) is 25.3 Å². The van der Waals surface area contributed by atoms with Crippen molar-refractivity contribution in [3.63, 3.8) is 0 Å². The first kappa shape index (κ1) is 16.4. The van der Waals surface area contributed by atoms with E-state index in [2.05, 4.69) is 16.0 Å². The highest BCUT2D eigenvalue weighted by Gasteiger charge is 2.37. The van der Waals surface area contributed by atoms with Crippen LogP contribution in [0.2, 0.25) is 0 Å². The largest absolute Gasteiger partial charge is 0.336 e. The summed E-state index contributed by atoms with van der Waals surface area (Å²) < 4.78 is 1.93. The van der Waals surface area contributed by atoms with Crippen molar-refractivity contribution in [2.24, 2.45) is 5.92 Å². The van der Waals surface area contributed by atoms with Gasteiger partial charge in [-0.2, -0.15) is 0 Å². The first-order valence-electron chi connectivity index (χ1n) is 9.03. The summed E-state index contributed by atoms with van der Waals surface area (Å²) in [7, 11) is 0. The van der Waals surface area contributed by atoms with Gasteiger partial charge in [0.2, 0.25) is 0 Å². The molecular formula is C20H18N4O2S. The Kier molecular flexibility index (Phi) is 3.89. The summed E-state index contributed by atoms with van der Waals surface area (Å²) in [5, 5.41) is 1.99. The van der Waals surface area contributed by atoms with Crippen LogP contribution in [0, 0.1) is 5.92 Å². The summed E-state index contributed by atoms with van der Waals surface area (Å²) in [4.78, 5) is 36.8. The van der Waals surface area contributed by atoms with E-state index in [1.165, 1.54) is 6.20 Å². The van der Waals surface area contributed by atoms with Crippen molar-refractivity contribution >= 4 is 17.2 Å². The molecule has 1 fully saturated rings. The van der Waals surface area contributed by atoms with E-state index in [9.17, 15) is 9.59 Å². The lowest BCUT2D eigenvalue weighted by Gasteiger charge is -2.42. The van der Waals surface area contributed by atoms with Gasteiger partial charge in [0.25, 0.3) is 11.5 Å². The van der Waals surface area contributed by atoms with E-state index >= 15 is 0 Å². The highest BCUT2D eigenvalue weighted by molar-refractivity contribution is 7.13. The number of likely N-dealkylation sites (tertiary alicyclic amines) is 1. The number of thiophene rings is 1. The molecule has 0 aliphatic carbocycles. The predicted molar refractivity (Wildman–Crippen MR) is 103 cm³/mol. The zero-order valence-corrected chi connectivity index (χ0v) is 15.4. The smallest absolute Gasteiger partial charge is 0.274 e. The molecule has 6 nitrogen and oxygen atoms in total. The van der Waals surface area contributed by atoms with Crippen LogP contribution in [0.5, 0.6) is 0 Å². The number of carbonyl (C=O) groups excluding carboxylic acids is 1. The Balaban J connectivity index is 1.47. The quantitative estimate of drug-likeness (QED) is 0.687. The molecule has 0 N–H and O–H groups in total. The number of amides is 1. The van der Waals surface area contributed by atoms with Crippen LogP contribution in [0.1, 0.15) is 28.5 Å². The van der Waals surface area contributed by atoms with Crippen molar-refractivity contribution < 1.29 is 4.79 Å². The van der Waals surface area contributed by atoms with Crippen LogP contribution >= 0.6 is 11.3 Å². The SMILES string of the molecule is O=C(c1cnccn1)N1CC2CC(C1)c1ccc(-c3cccs3)c(=O)n1C2. The molecule has 2 aliphatic rings. The first-order valence-corrected chi connectivity index (χ1v) is 9.91. The van der Waals surface area contributed by atoms with Gasteiger partial charge in [0, 0.05) is 48.5 Å². The highest BCUT2D eigenvalue weighted by atomic mass is 32.1. The molecule has 3 aromatic heterocycles. The molecule has 0 radical (unpaired) electrons. The fourth-order valence-corrected chi connectivity index (χ4v) is 5.05. The summed E-state index contributed by atoms with van der Waals surface area (Å²) in [5.41, 5.74) is 2.26. The molecule has 3 aromatic rings. The molecule has 5 rings (SSSR count). The number of hydrogen-bond donors (Lipinski definition) is 0. The third kappa shape index (κ3) is 2.78. The van der Waals surface area contributed by atoms with E-state index in [0.717, 1.165) is 22.6 Å². The zero-order valence-electron chi connectivity index (χ0n) is 14.6. The molecule has 1 amide bonds. The molecule has 0 aromatic carbocycles. The third-order valence-corrected chi connectivity index (χ3v) is 6.36. The molecule has 27 heavy (non-hydrogen) atoms. The second-order valence-corrected chi connectivity index (χ2v) is 8.11. The Morgan fingerprint density at radius 3 is 2.85 bits per heavy atom. The van der Waals surface area contributed by atoms with E-state index in [4.69, 9.17) is 0 Å². The Hall–Kier alpha value is -2.80. The second-order valence-electron chi connectivity index (χ2n) is 7.16. The highest BCUT2D eigenvalue weighted by Crippen LogP contribution is 2.36. The first-order chi connectivity index (χ1) is 13.2. The van der Waals surface area contributed by atoms with Crippen LogP contribution < -0.4 is 5.56 Å². The van der Waals surface area contributed by atoms with Crippen molar-refractivity contribution in [3.8, 4) is 10.4 Å². The number of carbonyl (C=O) groups is 1. The van der Waals surface area contributed by atoms with Gasteiger partial charge in [0.15, 0.2) is 0 Å². The molecule has 0 spiro atoms. The van der Waals surface area contributed by atoms with Crippen molar-refractivity contribution in [1.29, 1.82) is 0 Å². The van der Waals surface area contributed by atoms with Crippen LogP contribution in [-0.4, -0.2) is 38.4 Å². The minimum atomic E-state index is -0.0798. The molecule has 7 heteroatoms. The Morgan fingerprint density at radius 1 is 1.15 bits per heavy atom. The maximum atomic E-state index is 13.1. The normalized spacial score (nSPS) is 21.0. The molecule has 2 bridgehead atoms. The maximum Gasteiger partial charge on any atom is 0.274 e. The number of fused-ring (bicyclic) bond motifs is 4. The van der Waals surface area contributed by atoms with E-state index in [1.807, 2.05) is 33.0 Å². The molecule has 1 saturated heterocycles. The molecule has 0 saturated carbocycles. The monoisotopic (exact) mass is 378 g/mol. The summed E-state index contributed by atoms with van der Waals surface area (Å²) in [5.74, 6) is 0.389. The summed E-state index contributed by atoms with van der Waals surface area (Å²) in [6.45, 7) is 1.93. The average Bonchev–Trinajstić information content (AvgIpc) is 3.23. The number of hydrogen-bond acceptors (Lipinski definition) is 5. The van der Waals surface area contributed by atoms with Crippen LogP contribution in [0.4, 0.5) is 0 Å². The van der Waals surface area contributed by atoms with Gasteiger partial charge in [-0.05, 0) is 35.9 Å². The molecule has 136 valence electrons. The number of nitrogens with zero attached hydrogens (tertiary/aromatic N) is 4. The number of aromatic nitrogens is 3. The summed E-state index contributed by atoms with van der Waals surface area (Å²) >= 11 is 1.59. The minimum Gasteiger partial charge on any atom is -0.336 e. The van der Waals surface area contributed by atoms with Crippen LogP contribution in [0.3, 0.4) is 0 Å². The Bertz CT molecular complexity index is 1050. The molecule has 5 heterocycles. The van der Waals surface area contributed by atoms with Crippen LogP contribution in [0.25, 0.3) is 10.4 Å². The fraction of sp³-hybridized carbons (Fsp3) is 0.300. The van der Waals surface area contributed by atoms with Gasteiger partial charge in [-0.15, -0.1) is 11.3 Å². The van der Waals surface area contributed by atoms with Gasteiger partial charge in [0.05, 0.1) is 11.8 Å². The fourth-order valence-electron chi connectivity index (χ4n) is 4.30. The minimum absolute atomic E-state index is 0.0798. The standard InChI is InChI=1S/C20H18N4O2S/c25-19-15(18-2-1-7-27-18)3-4-17-14-8-13(11-24(17)19)10-23(12-14)20(26)16-9-21-5-6-22-16/h1-7,9,13-14H,8,10-12H2. The lowest BCUT2D eigenvalue weighted by atomic mass is 9.83. The average molecular weight is 378 g/mol. The zero-order chi connectivity index (χ0) is 18.4. The maximum absolute atomic E-state index is 13.1. The number of pyridine rings is 1. The second kappa shape index (κ2) is 6.42. The van der Waals surface area contributed by atoms with Crippen molar-refractivity contribution in [3.05, 3.63) is 70.0 Å². The molecule has 2 aliphatic heterocycles. The third-order valence-electron chi connectivity index (χ3n) is 5.46. The molecular weight excluding hydrogens is 360 g/mol. The summed E-state index contributed by atoms with van der Waals surface area (Å²) in [6, 6.07) is 7.95. The van der Waals surface area contributed by atoms with Gasteiger partial charge >= 0.3 is 0 Å². The van der Waals surface area contributed by atoms with Gasteiger partial charge in [-0.1, -0.05) is 6.07 Å². The lowest BCUT2D eigenvalue weighted by Crippen LogP contribution is -2.49. The molecule has 2 atom stereocenters. The van der Waals surface area contributed by atoms with Gasteiger partial charge in [0.1, 0.15) is 5.69 Å². The topological polar surface area (TPSA) is 68.1 Å². The lowest BCUT2D eigenvalue weighted by molar-refractivity contribution is 0.0588. The molecule has 2 unspecified atom stereocenters. The van der Waals surface area contributed by atoms with Gasteiger partial charge < -0.3 is 9.47 Å². The number of piperidine rings is 1. The van der Waals surface area contributed by atoms with E-state index in [-0.39, 0.29) is 23.3 Å². The predicted octanol–water partition coefficient (Wildman–Crippen LogP) is 2.63. The Labute approximate surface area is 160 Å². The number of rotatable bonds is 2. The van der Waals surface area contributed by atoms with Gasteiger partial charge in [-0.3, -0.25) is 14.6 Å². The van der Waals surface area contributed by atoms with Crippen molar-refractivity contribution in [2.45, 2.75) is 18.9 Å². The van der Waals surface area contributed by atoms with Crippen molar-refractivity contribution in [1.82, 2.24) is 19.4 Å².